The maximum absolute atomic E-state index is 12.9. The van der Waals surface area contributed by atoms with Crippen molar-refractivity contribution in [1.29, 1.82) is 0 Å². The molecule has 1 aromatic heterocycles. The minimum absolute atomic E-state index is 0.0980. The van der Waals surface area contributed by atoms with Crippen molar-refractivity contribution in [3.63, 3.8) is 0 Å². The van der Waals surface area contributed by atoms with Gasteiger partial charge in [-0.25, -0.2) is 9.69 Å². The maximum Gasteiger partial charge on any atom is 0.326 e. The molecule has 0 atom stereocenters. The third-order valence-electron chi connectivity index (χ3n) is 6.66. The summed E-state index contributed by atoms with van der Waals surface area (Å²) < 4.78 is 1.29. The van der Waals surface area contributed by atoms with Gasteiger partial charge in [0.25, 0.3) is 11.5 Å². The van der Waals surface area contributed by atoms with E-state index in [4.69, 9.17) is 11.6 Å². The number of hydrogen-bond donors (Lipinski definition) is 1. The molecule has 9 nitrogen and oxygen atoms in total. The number of piperazine rings is 1. The lowest BCUT2D eigenvalue weighted by atomic mass is 9.98. The summed E-state index contributed by atoms with van der Waals surface area (Å²) in [6, 6.07) is 8.85. The summed E-state index contributed by atoms with van der Waals surface area (Å²) in [5.41, 5.74) is 0.215. The van der Waals surface area contributed by atoms with Crippen LogP contribution >= 0.6 is 11.6 Å². The van der Waals surface area contributed by atoms with Crippen molar-refractivity contribution in [3.05, 3.63) is 51.9 Å². The Morgan fingerprint density at radius 1 is 1.00 bits per heavy atom. The summed E-state index contributed by atoms with van der Waals surface area (Å²) in [6.45, 7) is 2.79. The molecule has 0 bridgehead atoms. The van der Waals surface area contributed by atoms with Crippen LogP contribution in [-0.2, 0) is 4.79 Å². The van der Waals surface area contributed by atoms with Gasteiger partial charge < -0.3 is 10.2 Å². The standard InChI is InChI=1S/C22H25ClN6O3/c23-18-17(14-24-29(19(18)30)16-6-2-1-3-7-16)27-12-10-26(11-13-27)15-28-20(31)22(25-21(28)32)8-4-5-9-22/h1-3,6-7,14H,4-5,8-13,15H2,(H,25,32). The lowest BCUT2D eigenvalue weighted by Gasteiger charge is -2.37. The second-order valence-corrected chi connectivity index (χ2v) is 8.97. The highest BCUT2D eigenvalue weighted by Gasteiger charge is 2.52. The van der Waals surface area contributed by atoms with Crippen LogP contribution < -0.4 is 15.8 Å². The minimum Gasteiger partial charge on any atom is -0.366 e. The molecule has 3 heterocycles. The van der Waals surface area contributed by atoms with E-state index in [1.165, 1.54) is 9.58 Å². The highest BCUT2D eigenvalue weighted by Crippen LogP contribution is 2.35. The lowest BCUT2D eigenvalue weighted by molar-refractivity contribution is -0.132. The Kier molecular flexibility index (Phi) is 5.38. The number of carbonyl (C=O) groups is 2. The number of nitrogens with zero attached hydrogens (tertiary/aromatic N) is 5. The van der Waals surface area contributed by atoms with E-state index in [1.54, 1.807) is 18.3 Å². The molecule has 1 spiro atoms. The largest absolute Gasteiger partial charge is 0.366 e. The zero-order chi connectivity index (χ0) is 22.3. The number of para-hydroxylation sites is 1. The van der Waals surface area contributed by atoms with Crippen LogP contribution in [0.3, 0.4) is 0 Å². The van der Waals surface area contributed by atoms with E-state index in [1.807, 2.05) is 23.1 Å². The molecule has 2 aliphatic heterocycles. The van der Waals surface area contributed by atoms with Crippen LogP contribution in [0.4, 0.5) is 10.5 Å². The van der Waals surface area contributed by atoms with Gasteiger partial charge in [0, 0.05) is 26.2 Å². The lowest BCUT2D eigenvalue weighted by Crippen LogP contribution is -2.52. The van der Waals surface area contributed by atoms with Crippen LogP contribution in [0.1, 0.15) is 25.7 Å². The monoisotopic (exact) mass is 456 g/mol. The fourth-order valence-electron chi connectivity index (χ4n) is 4.85. The minimum atomic E-state index is -0.680. The Bertz CT molecular complexity index is 1090. The van der Waals surface area contributed by atoms with Gasteiger partial charge in [0.1, 0.15) is 10.6 Å². The number of halogens is 1. The number of urea groups is 1. The summed E-state index contributed by atoms with van der Waals surface area (Å²) in [5, 5.41) is 7.36. The quantitative estimate of drug-likeness (QED) is 0.706. The first-order chi connectivity index (χ1) is 15.5. The number of nitrogens with one attached hydrogen (secondary N) is 1. The Morgan fingerprint density at radius 3 is 2.38 bits per heavy atom. The third-order valence-corrected chi connectivity index (χ3v) is 7.01. The summed E-state index contributed by atoms with van der Waals surface area (Å²) >= 11 is 6.43. The molecule has 3 fully saturated rings. The predicted molar refractivity (Wildman–Crippen MR) is 120 cm³/mol. The third kappa shape index (κ3) is 3.55. The molecular formula is C22H25ClN6O3. The van der Waals surface area contributed by atoms with Crippen molar-refractivity contribution in [3.8, 4) is 5.69 Å². The van der Waals surface area contributed by atoms with Crippen molar-refractivity contribution < 1.29 is 9.59 Å². The van der Waals surface area contributed by atoms with Gasteiger partial charge in [-0.15, -0.1) is 0 Å². The SMILES string of the molecule is O=C1NC2(CCCC2)C(=O)N1CN1CCN(c2cnn(-c3ccccc3)c(=O)c2Cl)CC1. The predicted octanol–water partition coefficient (Wildman–Crippen LogP) is 1.83. The number of imide groups is 1. The van der Waals surface area contributed by atoms with Gasteiger partial charge in [-0.05, 0) is 25.0 Å². The number of anilines is 1. The first kappa shape index (κ1) is 21.0. The number of amides is 3. The molecule has 32 heavy (non-hydrogen) atoms. The second kappa shape index (κ2) is 8.22. The Balaban J connectivity index is 1.24. The van der Waals surface area contributed by atoms with Crippen LogP contribution in [0.25, 0.3) is 5.69 Å². The summed E-state index contributed by atoms with van der Waals surface area (Å²) in [4.78, 5) is 43.5. The molecule has 10 heteroatoms. The first-order valence-corrected chi connectivity index (χ1v) is 11.3. The smallest absolute Gasteiger partial charge is 0.326 e. The molecular weight excluding hydrogens is 432 g/mol. The van der Waals surface area contributed by atoms with Crippen molar-refractivity contribution in [2.75, 3.05) is 37.7 Å². The van der Waals surface area contributed by atoms with E-state index in [0.717, 1.165) is 25.7 Å². The van der Waals surface area contributed by atoms with Gasteiger partial charge in [0.2, 0.25) is 0 Å². The molecule has 1 aromatic carbocycles. The van der Waals surface area contributed by atoms with Crippen molar-refractivity contribution in [2.24, 2.45) is 0 Å². The number of hydrogen-bond acceptors (Lipinski definition) is 6. The summed E-state index contributed by atoms with van der Waals surface area (Å²) in [5.74, 6) is -0.0980. The van der Waals surface area contributed by atoms with Gasteiger partial charge >= 0.3 is 6.03 Å². The van der Waals surface area contributed by atoms with Crippen LogP contribution in [0.2, 0.25) is 5.02 Å². The van der Waals surface area contributed by atoms with E-state index in [2.05, 4.69) is 15.3 Å². The van der Waals surface area contributed by atoms with E-state index in [0.29, 0.717) is 37.6 Å². The molecule has 0 radical (unpaired) electrons. The second-order valence-electron chi connectivity index (χ2n) is 8.60. The highest BCUT2D eigenvalue weighted by molar-refractivity contribution is 6.33. The normalized spacial score (nSPS) is 20.9. The molecule has 2 aromatic rings. The maximum atomic E-state index is 12.9. The summed E-state index contributed by atoms with van der Waals surface area (Å²) in [6.07, 6.45) is 5.00. The van der Waals surface area contributed by atoms with Crippen molar-refractivity contribution in [1.82, 2.24) is 24.9 Å². The van der Waals surface area contributed by atoms with Gasteiger partial charge in [0.15, 0.2) is 0 Å². The molecule has 1 N–H and O–H groups in total. The fraction of sp³-hybridized carbons (Fsp3) is 0.455. The Labute approximate surface area is 190 Å². The van der Waals surface area contributed by atoms with Crippen LogP contribution in [0, 0.1) is 0 Å². The Hall–Kier alpha value is -2.91. The van der Waals surface area contributed by atoms with Gasteiger partial charge in [-0.1, -0.05) is 42.6 Å². The topological polar surface area (TPSA) is 90.8 Å². The highest BCUT2D eigenvalue weighted by atomic mass is 35.5. The van der Waals surface area contributed by atoms with Crippen molar-refractivity contribution in [2.45, 2.75) is 31.2 Å². The molecule has 3 amide bonds. The van der Waals surface area contributed by atoms with Crippen LogP contribution in [0.15, 0.2) is 41.3 Å². The molecule has 2 saturated heterocycles. The average Bonchev–Trinajstić information content (AvgIpc) is 3.37. The van der Waals surface area contributed by atoms with E-state index < -0.39 is 5.54 Å². The average molecular weight is 457 g/mol. The van der Waals surface area contributed by atoms with Crippen LogP contribution in [-0.4, -0.2) is 69.9 Å². The molecule has 168 valence electrons. The van der Waals surface area contributed by atoms with E-state index >= 15 is 0 Å². The number of aromatic nitrogens is 2. The number of benzene rings is 1. The van der Waals surface area contributed by atoms with Gasteiger partial charge in [0.05, 0.1) is 24.2 Å². The molecule has 1 saturated carbocycles. The zero-order valence-electron chi connectivity index (χ0n) is 17.7. The van der Waals surface area contributed by atoms with Crippen LogP contribution in [0.5, 0.6) is 0 Å². The van der Waals surface area contributed by atoms with Gasteiger partial charge in [-0.3, -0.25) is 14.5 Å². The van der Waals surface area contributed by atoms with Crippen molar-refractivity contribution >= 4 is 29.2 Å². The fourth-order valence-corrected chi connectivity index (χ4v) is 5.10. The first-order valence-electron chi connectivity index (χ1n) is 10.9. The van der Waals surface area contributed by atoms with E-state index in [9.17, 15) is 14.4 Å². The van der Waals surface area contributed by atoms with E-state index in [-0.39, 0.29) is 29.2 Å². The molecule has 0 unspecified atom stereocenters. The number of carbonyl (C=O) groups excluding carboxylic acids is 2. The molecule has 1 aliphatic carbocycles. The Morgan fingerprint density at radius 2 is 1.69 bits per heavy atom. The van der Waals surface area contributed by atoms with Gasteiger partial charge in [-0.2, -0.15) is 9.78 Å². The molecule has 3 aliphatic rings. The summed E-state index contributed by atoms with van der Waals surface area (Å²) in [7, 11) is 0. The zero-order valence-corrected chi connectivity index (χ0v) is 18.4. The number of rotatable bonds is 4. The molecule has 5 rings (SSSR count).